The van der Waals surface area contributed by atoms with E-state index in [2.05, 4.69) is 22.0 Å². The van der Waals surface area contributed by atoms with E-state index in [4.69, 9.17) is 19.6 Å². The third-order valence-electron chi connectivity index (χ3n) is 4.87. The lowest BCUT2D eigenvalue weighted by Gasteiger charge is -2.29. The molecule has 3 aromatic heterocycles. The highest BCUT2D eigenvalue weighted by atomic mass is 16.5. The number of hydrogen-bond acceptors (Lipinski definition) is 6. The van der Waals surface area contributed by atoms with Gasteiger partial charge in [-0.1, -0.05) is 0 Å². The van der Waals surface area contributed by atoms with Crippen molar-refractivity contribution in [2.24, 2.45) is 0 Å². The Morgan fingerprint density at radius 3 is 2.70 bits per heavy atom. The maximum atomic E-state index is 5.50. The summed E-state index contributed by atoms with van der Waals surface area (Å²) < 4.78 is 12.6. The van der Waals surface area contributed by atoms with E-state index >= 15 is 0 Å². The maximum absolute atomic E-state index is 5.50. The van der Waals surface area contributed by atoms with Crippen LogP contribution in [0.15, 0.2) is 24.4 Å². The van der Waals surface area contributed by atoms with Crippen LogP contribution < -0.4 is 4.90 Å². The van der Waals surface area contributed by atoms with Crippen molar-refractivity contribution in [3.05, 3.63) is 41.5 Å². The molecular formula is C20H25N5O2. The number of rotatable bonds is 5. The van der Waals surface area contributed by atoms with Crippen LogP contribution in [0.4, 0.5) is 5.69 Å². The first-order valence-corrected chi connectivity index (χ1v) is 9.31. The van der Waals surface area contributed by atoms with E-state index in [0.29, 0.717) is 6.61 Å². The zero-order valence-electron chi connectivity index (χ0n) is 16.1. The fourth-order valence-electron chi connectivity index (χ4n) is 3.52. The number of nitrogens with zero attached hydrogens (tertiary/aromatic N) is 5. The molecule has 0 bridgehead atoms. The predicted octanol–water partition coefficient (Wildman–Crippen LogP) is 2.43. The zero-order valence-corrected chi connectivity index (χ0v) is 16.1. The van der Waals surface area contributed by atoms with E-state index < -0.39 is 0 Å². The Morgan fingerprint density at radius 2 is 2.00 bits per heavy atom. The van der Waals surface area contributed by atoms with Gasteiger partial charge in [-0.2, -0.15) is 5.10 Å². The number of methoxy groups -OCH3 is 1. The van der Waals surface area contributed by atoms with Crippen LogP contribution in [0.25, 0.3) is 16.9 Å². The number of morpholine rings is 1. The van der Waals surface area contributed by atoms with Gasteiger partial charge in [-0.25, -0.2) is 9.50 Å². The number of hydrogen-bond donors (Lipinski definition) is 0. The van der Waals surface area contributed by atoms with Crippen LogP contribution in [0.1, 0.15) is 17.1 Å². The van der Waals surface area contributed by atoms with Gasteiger partial charge in [0.1, 0.15) is 0 Å². The minimum atomic E-state index is 0.671. The first kappa shape index (κ1) is 17.9. The molecule has 0 atom stereocenters. The number of aromatic nitrogens is 4. The van der Waals surface area contributed by atoms with Crippen molar-refractivity contribution in [1.29, 1.82) is 0 Å². The molecule has 7 heteroatoms. The predicted molar refractivity (Wildman–Crippen MR) is 104 cm³/mol. The van der Waals surface area contributed by atoms with Gasteiger partial charge in [-0.15, -0.1) is 0 Å². The van der Waals surface area contributed by atoms with Gasteiger partial charge in [0.15, 0.2) is 5.65 Å². The maximum Gasteiger partial charge on any atom is 0.178 e. The van der Waals surface area contributed by atoms with Gasteiger partial charge >= 0.3 is 0 Å². The summed E-state index contributed by atoms with van der Waals surface area (Å²) in [5.74, 6) is 0. The molecule has 3 aromatic rings. The van der Waals surface area contributed by atoms with Crippen LogP contribution >= 0.6 is 0 Å². The molecule has 1 saturated heterocycles. The highest BCUT2D eigenvalue weighted by Crippen LogP contribution is 2.29. The highest BCUT2D eigenvalue weighted by Gasteiger charge is 2.20. The van der Waals surface area contributed by atoms with E-state index in [0.717, 1.165) is 72.4 Å². The molecule has 0 aromatic carbocycles. The quantitative estimate of drug-likeness (QED) is 0.690. The molecule has 1 fully saturated rings. The second-order valence-electron chi connectivity index (χ2n) is 6.83. The molecule has 4 rings (SSSR count). The Labute approximate surface area is 158 Å². The summed E-state index contributed by atoms with van der Waals surface area (Å²) in [5, 5.41) is 4.75. The van der Waals surface area contributed by atoms with E-state index in [-0.39, 0.29) is 0 Å². The SMILES string of the molecule is COCCc1ccc(-c2c(C)nc3c(N4CCOCC4)cc(C)nn23)cn1. The third-order valence-corrected chi connectivity index (χ3v) is 4.87. The third kappa shape index (κ3) is 3.52. The number of pyridine rings is 1. The molecule has 1 aliphatic heterocycles. The summed E-state index contributed by atoms with van der Waals surface area (Å²) in [6, 6.07) is 6.25. The fourth-order valence-corrected chi connectivity index (χ4v) is 3.52. The van der Waals surface area contributed by atoms with E-state index in [1.807, 2.05) is 30.6 Å². The summed E-state index contributed by atoms with van der Waals surface area (Å²) in [7, 11) is 1.70. The van der Waals surface area contributed by atoms with Gasteiger partial charge in [0.25, 0.3) is 0 Å². The van der Waals surface area contributed by atoms with Crippen LogP contribution in [-0.4, -0.2) is 59.6 Å². The zero-order chi connectivity index (χ0) is 18.8. The topological polar surface area (TPSA) is 64.8 Å². The highest BCUT2D eigenvalue weighted by molar-refractivity contribution is 5.75. The normalized spacial score (nSPS) is 14.9. The lowest BCUT2D eigenvalue weighted by Crippen LogP contribution is -2.36. The summed E-state index contributed by atoms with van der Waals surface area (Å²) in [4.78, 5) is 11.8. The number of aryl methyl sites for hydroxylation is 2. The fraction of sp³-hybridized carbons (Fsp3) is 0.450. The van der Waals surface area contributed by atoms with Crippen molar-refractivity contribution in [3.8, 4) is 11.3 Å². The second kappa shape index (κ2) is 7.62. The number of anilines is 1. The Hall–Kier alpha value is -2.51. The second-order valence-corrected chi connectivity index (χ2v) is 6.83. The van der Waals surface area contributed by atoms with Crippen molar-refractivity contribution in [2.45, 2.75) is 20.3 Å². The van der Waals surface area contributed by atoms with Gasteiger partial charge in [-0.3, -0.25) is 4.98 Å². The molecule has 0 unspecified atom stereocenters. The van der Waals surface area contributed by atoms with Crippen LogP contribution in [0.3, 0.4) is 0 Å². The smallest absolute Gasteiger partial charge is 0.178 e. The standard InChI is InChI=1S/C20H25N5O2/c1-14-12-18(24-7-10-27-11-8-24)20-22-15(2)19(25(20)23-14)16-4-5-17(21-13-16)6-9-26-3/h4-5,12-13H,6-11H2,1-3H3. The van der Waals surface area contributed by atoms with Crippen LogP contribution in [0, 0.1) is 13.8 Å². The first-order valence-electron chi connectivity index (χ1n) is 9.31. The Morgan fingerprint density at radius 1 is 1.19 bits per heavy atom. The summed E-state index contributed by atoms with van der Waals surface area (Å²) in [6.45, 7) is 7.95. The largest absolute Gasteiger partial charge is 0.384 e. The molecule has 0 aliphatic carbocycles. The van der Waals surface area contributed by atoms with E-state index in [1.165, 1.54) is 0 Å². The Kier molecular flexibility index (Phi) is 5.05. The monoisotopic (exact) mass is 367 g/mol. The molecule has 1 aliphatic rings. The van der Waals surface area contributed by atoms with Gasteiger partial charge in [0, 0.05) is 44.1 Å². The van der Waals surface area contributed by atoms with Crippen molar-refractivity contribution in [2.75, 3.05) is 44.9 Å². The molecule has 142 valence electrons. The van der Waals surface area contributed by atoms with Crippen LogP contribution in [-0.2, 0) is 15.9 Å². The average molecular weight is 367 g/mol. The summed E-state index contributed by atoms with van der Waals surface area (Å²) in [5.41, 5.74) is 6.95. The molecule has 4 heterocycles. The summed E-state index contributed by atoms with van der Waals surface area (Å²) in [6.07, 6.45) is 2.71. The van der Waals surface area contributed by atoms with Crippen molar-refractivity contribution >= 4 is 11.3 Å². The molecule has 0 spiro atoms. The minimum absolute atomic E-state index is 0.671. The van der Waals surface area contributed by atoms with Gasteiger partial charge in [-0.05, 0) is 32.0 Å². The Bertz CT molecular complexity index is 930. The average Bonchev–Trinajstić information content (AvgIpc) is 3.02. The minimum Gasteiger partial charge on any atom is -0.384 e. The van der Waals surface area contributed by atoms with E-state index in [9.17, 15) is 0 Å². The van der Waals surface area contributed by atoms with Crippen molar-refractivity contribution in [1.82, 2.24) is 19.6 Å². The molecular weight excluding hydrogens is 342 g/mol. The van der Waals surface area contributed by atoms with Crippen molar-refractivity contribution in [3.63, 3.8) is 0 Å². The summed E-state index contributed by atoms with van der Waals surface area (Å²) >= 11 is 0. The Balaban J connectivity index is 1.77. The van der Waals surface area contributed by atoms with E-state index in [1.54, 1.807) is 7.11 Å². The van der Waals surface area contributed by atoms with Gasteiger partial charge < -0.3 is 14.4 Å². The molecule has 0 amide bonds. The van der Waals surface area contributed by atoms with Gasteiger partial charge in [0.05, 0.1) is 42.6 Å². The van der Waals surface area contributed by atoms with Gasteiger partial charge in [0.2, 0.25) is 0 Å². The molecule has 7 nitrogen and oxygen atoms in total. The lowest BCUT2D eigenvalue weighted by atomic mass is 10.1. The number of imidazole rings is 1. The number of ether oxygens (including phenoxy) is 2. The molecule has 0 radical (unpaired) electrons. The molecule has 27 heavy (non-hydrogen) atoms. The van der Waals surface area contributed by atoms with Crippen LogP contribution in [0.2, 0.25) is 0 Å². The molecule has 0 saturated carbocycles. The van der Waals surface area contributed by atoms with Crippen molar-refractivity contribution < 1.29 is 9.47 Å². The first-order chi connectivity index (χ1) is 13.2. The molecule has 0 N–H and O–H groups in total. The number of fused-ring (bicyclic) bond motifs is 1. The lowest BCUT2D eigenvalue weighted by molar-refractivity contribution is 0.123. The van der Waals surface area contributed by atoms with Crippen LogP contribution in [0.5, 0.6) is 0 Å².